The third kappa shape index (κ3) is 5.94. The number of hydrogen-bond acceptors (Lipinski definition) is 7. The summed E-state index contributed by atoms with van der Waals surface area (Å²) in [4.78, 5) is 17.6. The fourth-order valence-electron chi connectivity index (χ4n) is 4.42. The molecule has 35 heavy (non-hydrogen) atoms. The zero-order valence-corrected chi connectivity index (χ0v) is 21.6. The van der Waals surface area contributed by atoms with Crippen molar-refractivity contribution in [2.24, 2.45) is 5.92 Å². The lowest BCUT2D eigenvalue weighted by Gasteiger charge is -2.13. The third-order valence-corrected chi connectivity index (χ3v) is 8.55. The Labute approximate surface area is 209 Å². The first kappa shape index (κ1) is 25.0. The zero-order valence-electron chi connectivity index (χ0n) is 19.9. The maximum absolute atomic E-state index is 13.2. The van der Waals surface area contributed by atoms with E-state index in [0.29, 0.717) is 34.3 Å². The Kier molecular flexibility index (Phi) is 7.32. The van der Waals surface area contributed by atoms with Crippen LogP contribution in [0.25, 0.3) is 10.4 Å². The van der Waals surface area contributed by atoms with E-state index in [0.717, 1.165) is 17.7 Å². The van der Waals surface area contributed by atoms with Crippen LogP contribution in [0.1, 0.15) is 43.4 Å². The minimum atomic E-state index is -4.03. The summed E-state index contributed by atoms with van der Waals surface area (Å²) in [5, 5.41) is 13.2. The van der Waals surface area contributed by atoms with Gasteiger partial charge in [-0.2, -0.15) is 0 Å². The van der Waals surface area contributed by atoms with Crippen molar-refractivity contribution in [1.29, 1.82) is 0 Å². The molecule has 0 aliphatic heterocycles. The van der Waals surface area contributed by atoms with Crippen LogP contribution in [0.4, 0.5) is 10.8 Å². The maximum atomic E-state index is 13.2. The molecule has 1 amide bonds. The largest absolute Gasteiger partial charge is 0.508 e. The van der Waals surface area contributed by atoms with Crippen LogP contribution in [0.2, 0.25) is 0 Å². The predicted octanol–water partition coefficient (Wildman–Crippen LogP) is 5.46. The Morgan fingerprint density at radius 3 is 2.60 bits per heavy atom. The second-order valence-electron chi connectivity index (χ2n) is 8.86. The number of carbonyl (C=O) groups is 1. The van der Waals surface area contributed by atoms with Crippen LogP contribution in [-0.4, -0.2) is 31.5 Å². The summed E-state index contributed by atoms with van der Waals surface area (Å²) in [6, 6.07) is 9.39. The number of benzene rings is 2. The summed E-state index contributed by atoms with van der Waals surface area (Å²) < 4.78 is 34.3. The van der Waals surface area contributed by atoms with Crippen LogP contribution in [-0.2, 0) is 14.8 Å². The molecule has 3 N–H and O–H groups in total. The molecule has 1 aromatic heterocycles. The molecular weight excluding hydrogens is 486 g/mol. The lowest BCUT2D eigenvalue weighted by atomic mass is 10.0. The topological polar surface area (TPSA) is 118 Å². The number of ether oxygens (including phenoxy) is 1. The number of carbonyl (C=O) groups excluding carboxylic acids is 1. The Morgan fingerprint density at radius 2 is 1.91 bits per heavy atom. The number of nitrogens with zero attached hydrogens (tertiary/aromatic N) is 1. The maximum Gasteiger partial charge on any atom is 0.265 e. The van der Waals surface area contributed by atoms with Crippen molar-refractivity contribution < 1.29 is 23.1 Å². The molecule has 1 heterocycles. The molecule has 2 aromatic carbocycles. The van der Waals surface area contributed by atoms with Crippen molar-refractivity contribution in [2.45, 2.75) is 50.8 Å². The Hall–Kier alpha value is -3.11. The van der Waals surface area contributed by atoms with E-state index in [1.54, 1.807) is 25.1 Å². The number of aromatic hydroxyl groups is 1. The van der Waals surface area contributed by atoms with Gasteiger partial charge in [0.05, 0.1) is 23.4 Å². The van der Waals surface area contributed by atoms with E-state index < -0.39 is 10.0 Å². The minimum absolute atomic E-state index is 0.0359. The molecule has 0 spiro atoms. The summed E-state index contributed by atoms with van der Waals surface area (Å²) in [7, 11) is -2.63. The molecule has 3 aromatic rings. The lowest BCUT2D eigenvalue weighted by Crippen LogP contribution is -2.14. The summed E-state index contributed by atoms with van der Waals surface area (Å²) in [5.74, 6) is 0.546. The smallest absolute Gasteiger partial charge is 0.265 e. The van der Waals surface area contributed by atoms with Crippen LogP contribution in [0.15, 0.2) is 41.3 Å². The molecule has 8 nitrogen and oxygen atoms in total. The number of amides is 1. The van der Waals surface area contributed by atoms with Gasteiger partial charge in [0.25, 0.3) is 10.0 Å². The van der Waals surface area contributed by atoms with Crippen molar-refractivity contribution in [3.63, 3.8) is 0 Å². The molecule has 186 valence electrons. The molecule has 0 unspecified atom stereocenters. The van der Waals surface area contributed by atoms with E-state index >= 15 is 0 Å². The van der Waals surface area contributed by atoms with Gasteiger partial charge in [0.15, 0.2) is 5.13 Å². The number of aromatic nitrogens is 1. The average molecular weight is 516 g/mol. The molecule has 0 bridgehead atoms. The fourth-order valence-corrected chi connectivity index (χ4v) is 6.64. The van der Waals surface area contributed by atoms with Crippen molar-refractivity contribution in [1.82, 2.24) is 4.98 Å². The highest BCUT2D eigenvalue weighted by atomic mass is 32.2. The number of phenolic OH excluding ortho intramolecular Hbond substituents is 1. The highest BCUT2D eigenvalue weighted by molar-refractivity contribution is 7.92. The number of sulfonamides is 1. The van der Waals surface area contributed by atoms with E-state index in [4.69, 9.17) is 4.74 Å². The first-order chi connectivity index (χ1) is 16.6. The monoisotopic (exact) mass is 515 g/mol. The zero-order chi connectivity index (χ0) is 25.2. The Bertz CT molecular complexity index is 1320. The van der Waals surface area contributed by atoms with Crippen LogP contribution in [0.3, 0.4) is 0 Å². The minimum Gasteiger partial charge on any atom is -0.508 e. The highest BCUT2D eigenvalue weighted by Gasteiger charge is 2.23. The Balaban J connectivity index is 1.60. The second kappa shape index (κ2) is 10.2. The number of phenols is 1. The van der Waals surface area contributed by atoms with Crippen LogP contribution >= 0.6 is 11.3 Å². The van der Waals surface area contributed by atoms with Gasteiger partial charge in [-0.05, 0) is 74.1 Å². The van der Waals surface area contributed by atoms with E-state index in [1.807, 2.05) is 6.92 Å². The van der Waals surface area contributed by atoms with Gasteiger partial charge in [-0.1, -0.05) is 24.2 Å². The molecule has 1 aliphatic rings. The molecular formula is C25H29N3O5S2. The summed E-state index contributed by atoms with van der Waals surface area (Å²) in [5.41, 5.74) is 2.29. The van der Waals surface area contributed by atoms with Gasteiger partial charge in [-0.15, -0.1) is 0 Å². The number of methoxy groups -OCH3 is 1. The molecule has 1 saturated carbocycles. The standard InChI is InChI=1S/C25H29N3O5S2/c1-15-10-19(14-20(29)11-15)28-35(31,32)22-13-18(8-9-21(22)33-3)24-16(2)26-25(34-24)27-23(30)12-17-6-4-5-7-17/h8-11,13-14,17,28-29H,4-7,12H2,1-3H3,(H,26,27,30). The SMILES string of the molecule is COc1ccc(-c2sc(NC(=O)CC3CCCC3)nc2C)cc1S(=O)(=O)Nc1cc(C)cc(O)c1. The van der Waals surface area contributed by atoms with Gasteiger partial charge in [-0.25, -0.2) is 13.4 Å². The summed E-state index contributed by atoms with van der Waals surface area (Å²) in [6.45, 7) is 3.58. The van der Waals surface area contributed by atoms with Gasteiger partial charge in [0.1, 0.15) is 16.4 Å². The van der Waals surface area contributed by atoms with Gasteiger partial charge in [0.2, 0.25) is 5.91 Å². The van der Waals surface area contributed by atoms with E-state index in [9.17, 15) is 18.3 Å². The predicted molar refractivity (Wildman–Crippen MR) is 138 cm³/mol. The number of aryl methyl sites for hydroxylation is 2. The van der Waals surface area contributed by atoms with E-state index in [2.05, 4.69) is 15.0 Å². The molecule has 10 heteroatoms. The van der Waals surface area contributed by atoms with Crippen LogP contribution < -0.4 is 14.8 Å². The molecule has 0 atom stereocenters. The van der Waals surface area contributed by atoms with Gasteiger partial charge < -0.3 is 15.2 Å². The van der Waals surface area contributed by atoms with Crippen molar-refractivity contribution in [3.05, 3.63) is 47.7 Å². The van der Waals surface area contributed by atoms with Crippen molar-refractivity contribution >= 4 is 38.1 Å². The average Bonchev–Trinajstić information content (AvgIpc) is 3.41. The molecule has 1 aliphatic carbocycles. The quantitative estimate of drug-likeness (QED) is 0.367. The van der Waals surface area contributed by atoms with Crippen LogP contribution in [0, 0.1) is 19.8 Å². The summed E-state index contributed by atoms with van der Waals surface area (Å²) in [6.07, 6.45) is 5.05. The van der Waals surface area contributed by atoms with Gasteiger partial charge in [0, 0.05) is 12.5 Å². The first-order valence-electron chi connectivity index (χ1n) is 11.4. The summed E-state index contributed by atoms with van der Waals surface area (Å²) >= 11 is 1.31. The number of nitrogens with one attached hydrogen (secondary N) is 2. The Morgan fingerprint density at radius 1 is 1.17 bits per heavy atom. The van der Waals surface area contributed by atoms with Gasteiger partial charge >= 0.3 is 0 Å². The van der Waals surface area contributed by atoms with Crippen molar-refractivity contribution in [2.75, 3.05) is 17.1 Å². The molecule has 1 fully saturated rings. The normalized spacial score (nSPS) is 14.1. The third-order valence-electron chi connectivity index (χ3n) is 6.02. The van der Waals surface area contributed by atoms with Crippen molar-refractivity contribution in [3.8, 4) is 21.9 Å². The van der Waals surface area contributed by atoms with Crippen LogP contribution in [0.5, 0.6) is 11.5 Å². The van der Waals surface area contributed by atoms with E-state index in [1.165, 1.54) is 49.5 Å². The molecule has 4 rings (SSSR count). The second-order valence-corrected chi connectivity index (χ2v) is 11.5. The molecule has 0 radical (unpaired) electrons. The lowest BCUT2D eigenvalue weighted by molar-refractivity contribution is -0.117. The number of thiazole rings is 1. The highest BCUT2D eigenvalue weighted by Crippen LogP contribution is 2.37. The molecule has 0 saturated heterocycles. The van der Waals surface area contributed by atoms with E-state index in [-0.39, 0.29) is 28.0 Å². The number of anilines is 2. The number of rotatable bonds is 8. The number of hydrogen-bond donors (Lipinski definition) is 3. The fraction of sp³-hybridized carbons (Fsp3) is 0.360. The van der Waals surface area contributed by atoms with Gasteiger partial charge in [-0.3, -0.25) is 9.52 Å². The first-order valence-corrected chi connectivity index (χ1v) is 13.7.